The zero-order chi connectivity index (χ0) is 20.5. The van der Waals surface area contributed by atoms with Crippen molar-refractivity contribution >= 4 is 23.2 Å². The molecule has 7 nitrogen and oxygen atoms in total. The Kier molecular flexibility index (Phi) is 4.84. The van der Waals surface area contributed by atoms with Crippen LogP contribution < -0.4 is 14.5 Å². The molecule has 29 heavy (non-hydrogen) atoms. The van der Waals surface area contributed by atoms with Gasteiger partial charge in [-0.25, -0.2) is 4.98 Å². The van der Waals surface area contributed by atoms with E-state index in [0.29, 0.717) is 35.9 Å². The van der Waals surface area contributed by atoms with Crippen LogP contribution in [0.1, 0.15) is 28.4 Å². The van der Waals surface area contributed by atoms with Crippen LogP contribution in [0.25, 0.3) is 0 Å². The maximum absolute atomic E-state index is 13.8. The minimum absolute atomic E-state index is 0.216. The van der Waals surface area contributed by atoms with Crippen LogP contribution in [0.15, 0.2) is 48.9 Å². The third-order valence-electron chi connectivity index (χ3n) is 5.04. The largest absolute Gasteiger partial charge is 0.619 e. The average molecular weight is 393 g/mol. The van der Waals surface area contributed by atoms with E-state index in [2.05, 4.69) is 9.97 Å². The Morgan fingerprint density at radius 1 is 1.10 bits per heavy atom. The first-order chi connectivity index (χ1) is 14.0. The van der Waals surface area contributed by atoms with Crippen molar-refractivity contribution in [2.24, 2.45) is 0 Å². The van der Waals surface area contributed by atoms with Gasteiger partial charge in [-0.15, -0.1) is 0 Å². The van der Waals surface area contributed by atoms with Gasteiger partial charge in [0.05, 0.1) is 11.3 Å². The zero-order valence-corrected chi connectivity index (χ0v) is 16.2. The van der Waals surface area contributed by atoms with Gasteiger partial charge in [0.15, 0.2) is 18.2 Å². The highest BCUT2D eigenvalue weighted by Gasteiger charge is 2.31. The summed E-state index contributed by atoms with van der Waals surface area (Å²) < 4.78 is 14.6. The molecule has 148 valence electrons. The molecule has 0 spiro atoms. The minimum atomic E-state index is -0.606. The number of halogens is 1. The highest BCUT2D eigenvalue weighted by molar-refractivity contribution is 6.12. The van der Waals surface area contributed by atoms with Gasteiger partial charge >= 0.3 is 0 Å². The summed E-state index contributed by atoms with van der Waals surface area (Å²) in [5.74, 6) is 0.0204. The lowest BCUT2D eigenvalue weighted by Gasteiger charge is -2.22. The second-order valence-corrected chi connectivity index (χ2v) is 6.87. The number of fused-ring (bicyclic) bond motifs is 2. The fraction of sp³-hybridized carbons (Fsp3) is 0.238. The average Bonchev–Trinajstić information content (AvgIpc) is 2.81. The van der Waals surface area contributed by atoms with Crippen molar-refractivity contribution in [1.82, 2.24) is 9.97 Å². The lowest BCUT2D eigenvalue weighted by molar-refractivity contribution is -0.605. The van der Waals surface area contributed by atoms with E-state index in [4.69, 9.17) is 0 Å². The Morgan fingerprint density at radius 3 is 2.55 bits per heavy atom. The number of hydrogen-bond donors (Lipinski definition) is 0. The molecule has 8 heteroatoms. The lowest BCUT2D eigenvalue weighted by Crippen LogP contribution is -2.25. The van der Waals surface area contributed by atoms with Gasteiger partial charge in [0, 0.05) is 31.9 Å². The smallest absolute Gasteiger partial charge is 0.261 e. The number of hydrogen-bond acceptors (Lipinski definition) is 5. The monoisotopic (exact) mass is 393 g/mol. The Balaban J connectivity index is 1.70. The standard InChI is InChI=1S/C21H20FN5O2/c1-3-27-19-16(21(28)25(2)17-6-7-18(22)24-20(17)27)12-15(13-23-19)5-4-14-8-10-26(29)11-9-14/h6-13H,3-5H2,1-2H3. The SMILES string of the molecule is CCN1c2ncc(CCc3cc[n+]([O-])cc3)cc2C(=O)N(C)c2ccc(F)nc21. The number of anilines is 3. The van der Waals surface area contributed by atoms with E-state index in [9.17, 15) is 14.4 Å². The molecule has 0 aliphatic carbocycles. The van der Waals surface area contributed by atoms with Gasteiger partial charge in [-0.05, 0) is 49.1 Å². The van der Waals surface area contributed by atoms with Crippen LogP contribution in [0.4, 0.5) is 21.7 Å². The van der Waals surface area contributed by atoms with Crippen LogP contribution in [0.3, 0.4) is 0 Å². The normalized spacial score (nSPS) is 13.1. The maximum atomic E-state index is 13.8. The Hall–Kier alpha value is -3.55. The summed E-state index contributed by atoms with van der Waals surface area (Å²) in [6.45, 7) is 2.40. The highest BCUT2D eigenvalue weighted by atomic mass is 19.1. The molecule has 1 aliphatic rings. The molecule has 0 unspecified atom stereocenters. The predicted octanol–water partition coefficient (Wildman–Crippen LogP) is 2.78. The lowest BCUT2D eigenvalue weighted by atomic mass is 10.0. The third-order valence-corrected chi connectivity index (χ3v) is 5.04. The van der Waals surface area contributed by atoms with Gasteiger partial charge < -0.3 is 15.0 Å². The van der Waals surface area contributed by atoms with Gasteiger partial charge in [-0.1, -0.05) is 0 Å². The number of amides is 1. The molecule has 1 aliphatic heterocycles. The molecule has 4 heterocycles. The number of carbonyl (C=O) groups excluding carboxylic acids is 1. The predicted molar refractivity (Wildman–Crippen MR) is 107 cm³/mol. The first-order valence-electron chi connectivity index (χ1n) is 9.36. The molecule has 1 amide bonds. The minimum Gasteiger partial charge on any atom is -0.619 e. The van der Waals surface area contributed by atoms with Crippen molar-refractivity contribution in [1.29, 1.82) is 0 Å². The number of carbonyl (C=O) groups is 1. The summed E-state index contributed by atoms with van der Waals surface area (Å²) in [7, 11) is 1.65. The zero-order valence-electron chi connectivity index (χ0n) is 16.2. The second kappa shape index (κ2) is 7.46. The van der Waals surface area contributed by atoms with Crippen molar-refractivity contribution in [3.8, 4) is 0 Å². The van der Waals surface area contributed by atoms with E-state index in [1.54, 1.807) is 36.3 Å². The number of aryl methyl sites for hydroxylation is 2. The summed E-state index contributed by atoms with van der Waals surface area (Å²) in [5, 5.41) is 11.2. The molecule has 0 atom stereocenters. The van der Waals surface area contributed by atoms with E-state index in [0.717, 1.165) is 22.3 Å². The first kappa shape index (κ1) is 18.8. The van der Waals surface area contributed by atoms with Crippen molar-refractivity contribution in [2.45, 2.75) is 19.8 Å². The topological polar surface area (TPSA) is 76.3 Å². The molecular weight excluding hydrogens is 373 g/mol. The van der Waals surface area contributed by atoms with E-state index in [1.807, 2.05) is 13.0 Å². The summed E-state index contributed by atoms with van der Waals surface area (Å²) >= 11 is 0. The number of aromatic nitrogens is 3. The fourth-order valence-electron chi connectivity index (χ4n) is 3.48. The molecule has 3 aromatic rings. The van der Waals surface area contributed by atoms with Crippen LogP contribution in [0.2, 0.25) is 0 Å². The molecular formula is C21H20FN5O2. The molecule has 0 bridgehead atoms. The Labute approximate surface area is 167 Å². The van der Waals surface area contributed by atoms with Crippen LogP contribution in [-0.4, -0.2) is 29.5 Å². The van der Waals surface area contributed by atoms with E-state index < -0.39 is 5.95 Å². The molecule has 0 saturated heterocycles. The van der Waals surface area contributed by atoms with Crippen molar-refractivity contribution < 1.29 is 13.9 Å². The van der Waals surface area contributed by atoms with Crippen molar-refractivity contribution in [3.05, 3.63) is 76.8 Å². The molecule has 0 fully saturated rings. The quantitative estimate of drug-likeness (QED) is 0.387. The van der Waals surface area contributed by atoms with E-state index in [-0.39, 0.29) is 5.91 Å². The summed E-state index contributed by atoms with van der Waals surface area (Å²) in [6.07, 6.45) is 6.05. The molecule has 0 N–H and O–H groups in total. The van der Waals surface area contributed by atoms with Gasteiger partial charge in [0.1, 0.15) is 5.82 Å². The fourth-order valence-corrected chi connectivity index (χ4v) is 3.48. The molecule has 0 saturated carbocycles. The molecule has 4 rings (SSSR count). The van der Waals surface area contributed by atoms with Gasteiger partial charge in [0.25, 0.3) is 5.91 Å². The van der Waals surface area contributed by atoms with Gasteiger partial charge in [-0.2, -0.15) is 14.1 Å². The summed E-state index contributed by atoms with van der Waals surface area (Å²) in [6, 6.07) is 8.19. The maximum Gasteiger partial charge on any atom is 0.261 e. The Morgan fingerprint density at radius 2 is 1.83 bits per heavy atom. The number of rotatable bonds is 4. The number of pyridine rings is 3. The first-order valence-corrected chi connectivity index (χ1v) is 9.36. The van der Waals surface area contributed by atoms with E-state index >= 15 is 0 Å². The van der Waals surface area contributed by atoms with Crippen LogP contribution >= 0.6 is 0 Å². The van der Waals surface area contributed by atoms with Crippen LogP contribution in [0, 0.1) is 11.2 Å². The van der Waals surface area contributed by atoms with E-state index in [1.165, 1.54) is 23.4 Å². The summed E-state index contributed by atoms with van der Waals surface area (Å²) in [4.78, 5) is 24.9. The van der Waals surface area contributed by atoms with Gasteiger partial charge in [-0.3, -0.25) is 4.79 Å². The Bertz CT molecular complexity index is 1070. The number of nitrogens with zero attached hydrogens (tertiary/aromatic N) is 5. The molecule has 0 radical (unpaired) electrons. The van der Waals surface area contributed by atoms with Crippen LogP contribution in [0.5, 0.6) is 0 Å². The molecule has 3 aromatic heterocycles. The third kappa shape index (κ3) is 3.49. The highest BCUT2D eigenvalue weighted by Crippen LogP contribution is 2.37. The second-order valence-electron chi connectivity index (χ2n) is 6.87. The van der Waals surface area contributed by atoms with Gasteiger partial charge in [0.2, 0.25) is 5.95 Å². The van der Waals surface area contributed by atoms with Crippen LogP contribution in [-0.2, 0) is 12.8 Å². The van der Waals surface area contributed by atoms with Crippen molar-refractivity contribution in [2.75, 3.05) is 23.4 Å². The van der Waals surface area contributed by atoms with Crippen molar-refractivity contribution in [3.63, 3.8) is 0 Å². The molecule has 0 aromatic carbocycles. The summed E-state index contributed by atoms with van der Waals surface area (Å²) in [5.41, 5.74) is 2.92.